The third-order valence-corrected chi connectivity index (χ3v) is 3.51. The highest BCUT2D eigenvalue weighted by atomic mass is 16.5. The molecule has 0 aliphatic carbocycles. The van der Waals surface area contributed by atoms with Gasteiger partial charge in [0.2, 0.25) is 0 Å². The second kappa shape index (κ2) is 6.93. The summed E-state index contributed by atoms with van der Waals surface area (Å²) in [7, 11) is 1.39. The Balaban J connectivity index is 2.18. The fraction of sp³-hybridized carbons (Fsp3) is 0.278. The standard InChI is InChI=1S/C18H21NO2/c1-4-17(14-10-8-13(2)9-11-14)19-16-7-5-6-15(12-16)18(20)21-3/h5-12,17,19H,4H2,1-3H3. The Hall–Kier alpha value is -2.29. The number of hydrogen-bond donors (Lipinski definition) is 1. The summed E-state index contributed by atoms with van der Waals surface area (Å²) in [6, 6.07) is 16.1. The van der Waals surface area contributed by atoms with E-state index in [4.69, 9.17) is 4.74 Å². The number of anilines is 1. The van der Waals surface area contributed by atoms with Gasteiger partial charge in [-0.15, -0.1) is 0 Å². The van der Waals surface area contributed by atoms with E-state index in [-0.39, 0.29) is 12.0 Å². The molecule has 0 bridgehead atoms. The lowest BCUT2D eigenvalue weighted by molar-refractivity contribution is 0.0601. The van der Waals surface area contributed by atoms with Crippen LogP contribution < -0.4 is 5.32 Å². The Morgan fingerprint density at radius 3 is 2.52 bits per heavy atom. The lowest BCUT2D eigenvalue weighted by atomic mass is 10.0. The van der Waals surface area contributed by atoms with Crippen LogP contribution in [-0.4, -0.2) is 13.1 Å². The molecule has 2 aromatic carbocycles. The van der Waals surface area contributed by atoms with Crippen molar-refractivity contribution in [2.24, 2.45) is 0 Å². The van der Waals surface area contributed by atoms with Crippen LogP contribution in [-0.2, 0) is 4.74 Å². The zero-order valence-electron chi connectivity index (χ0n) is 12.7. The minimum absolute atomic E-state index is 0.221. The molecule has 0 spiro atoms. The second-order valence-corrected chi connectivity index (χ2v) is 5.09. The maximum Gasteiger partial charge on any atom is 0.337 e. The monoisotopic (exact) mass is 283 g/mol. The third kappa shape index (κ3) is 3.85. The lowest BCUT2D eigenvalue weighted by Crippen LogP contribution is -2.10. The van der Waals surface area contributed by atoms with Crippen molar-refractivity contribution in [1.82, 2.24) is 0 Å². The molecule has 21 heavy (non-hydrogen) atoms. The van der Waals surface area contributed by atoms with Crippen LogP contribution in [0.3, 0.4) is 0 Å². The highest BCUT2D eigenvalue weighted by Crippen LogP contribution is 2.23. The first kappa shape index (κ1) is 15.1. The molecule has 0 heterocycles. The SMILES string of the molecule is CCC(Nc1cccc(C(=O)OC)c1)c1ccc(C)cc1. The smallest absolute Gasteiger partial charge is 0.337 e. The molecular formula is C18H21NO2. The summed E-state index contributed by atoms with van der Waals surface area (Å²) < 4.78 is 4.75. The minimum Gasteiger partial charge on any atom is -0.465 e. The van der Waals surface area contributed by atoms with Gasteiger partial charge in [-0.3, -0.25) is 0 Å². The zero-order valence-corrected chi connectivity index (χ0v) is 12.7. The molecule has 3 heteroatoms. The number of benzene rings is 2. The van der Waals surface area contributed by atoms with Gasteiger partial charge in [0.15, 0.2) is 0 Å². The van der Waals surface area contributed by atoms with Crippen LogP contribution in [0.2, 0.25) is 0 Å². The summed E-state index contributed by atoms with van der Waals surface area (Å²) in [5.74, 6) is -0.318. The van der Waals surface area contributed by atoms with Crippen LogP contribution >= 0.6 is 0 Å². The number of esters is 1. The molecule has 3 nitrogen and oxygen atoms in total. The topological polar surface area (TPSA) is 38.3 Å². The summed E-state index contributed by atoms with van der Waals surface area (Å²) in [5.41, 5.74) is 3.97. The number of nitrogens with one attached hydrogen (secondary N) is 1. The van der Waals surface area contributed by atoms with E-state index >= 15 is 0 Å². The molecule has 1 unspecified atom stereocenters. The molecule has 0 aliphatic heterocycles. The van der Waals surface area contributed by atoms with Gasteiger partial charge in [-0.2, -0.15) is 0 Å². The molecule has 1 atom stereocenters. The van der Waals surface area contributed by atoms with Gasteiger partial charge in [-0.05, 0) is 37.1 Å². The average Bonchev–Trinajstić information content (AvgIpc) is 2.53. The number of carbonyl (C=O) groups excluding carboxylic acids is 1. The highest BCUT2D eigenvalue weighted by Gasteiger charge is 2.11. The van der Waals surface area contributed by atoms with E-state index in [0.29, 0.717) is 5.56 Å². The molecule has 2 rings (SSSR count). The van der Waals surface area contributed by atoms with E-state index in [2.05, 4.69) is 43.4 Å². The fourth-order valence-corrected chi connectivity index (χ4v) is 2.27. The van der Waals surface area contributed by atoms with E-state index < -0.39 is 0 Å². The van der Waals surface area contributed by atoms with E-state index in [9.17, 15) is 4.79 Å². The molecule has 2 aromatic rings. The molecular weight excluding hydrogens is 262 g/mol. The molecule has 0 aromatic heterocycles. The molecule has 0 amide bonds. The Morgan fingerprint density at radius 1 is 1.19 bits per heavy atom. The van der Waals surface area contributed by atoms with Crippen molar-refractivity contribution in [3.05, 3.63) is 65.2 Å². The first-order valence-electron chi connectivity index (χ1n) is 7.15. The Bertz CT molecular complexity index is 605. The first-order valence-corrected chi connectivity index (χ1v) is 7.15. The van der Waals surface area contributed by atoms with Gasteiger partial charge in [-0.1, -0.05) is 42.8 Å². The van der Waals surface area contributed by atoms with Gasteiger partial charge in [0.1, 0.15) is 0 Å². The van der Waals surface area contributed by atoms with Gasteiger partial charge in [-0.25, -0.2) is 4.79 Å². The molecule has 0 radical (unpaired) electrons. The van der Waals surface area contributed by atoms with Crippen molar-refractivity contribution in [2.45, 2.75) is 26.3 Å². The molecule has 0 aliphatic rings. The highest BCUT2D eigenvalue weighted by molar-refractivity contribution is 5.90. The van der Waals surface area contributed by atoms with Crippen LogP contribution in [0.4, 0.5) is 5.69 Å². The molecule has 0 fully saturated rings. The van der Waals surface area contributed by atoms with Gasteiger partial charge in [0.05, 0.1) is 18.7 Å². The lowest BCUT2D eigenvalue weighted by Gasteiger charge is -2.19. The number of hydrogen-bond acceptors (Lipinski definition) is 3. The normalized spacial score (nSPS) is 11.8. The van der Waals surface area contributed by atoms with Crippen LogP contribution in [0.5, 0.6) is 0 Å². The van der Waals surface area contributed by atoms with Crippen molar-refractivity contribution in [2.75, 3.05) is 12.4 Å². The van der Waals surface area contributed by atoms with Gasteiger partial charge in [0, 0.05) is 5.69 Å². The fourth-order valence-electron chi connectivity index (χ4n) is 2.27. The Kier molecular flexibility index (Phi) is 4.99. The maximum absolute atomic E-state index is 11.6. The van der Waals surface area contributed by atoms with Gasteiger partial charge < -0.3 is 10.1 Å². The van der Waals surface area contributed by atoms with Crippen molar-refractivity contribution < 1.29 is 9.53 Å². The van der Waals surface area contributed by atoms with Crippen LogP contribution in [0.15, 0.2) is 48.5 Å². The van der Waals surface area contributed by atoms with Crippen molar-refractivity contribution in [3.8, 4) is 0 Å². The Morgan fingerprint density at radius 2 is 1.90 bits per heavy atom. The second-order valence-electron chi connectivity index (χ2n) is 5.09. The summed E-state index contributed by atoms with van der Waals surface area (Å²) in [6.07, 6.45) is 0.964. The van der Waals surface area contributed by atoms with Crippen LogP contribution in [0, 0.1) is 6.92 Å². The van der Waals surface area contributed by atoms with E-state index in [1.54, 1.807) is 6.07 Å². The minimum atomic E-state index is -0.318. The summed E-state index contributed by atoms with van der Waals surface area (Å²) in [4.78, 5) is 11.6. The quantitative estimate of drug-likeness (QED) is 0.829. The van der Waals surface area contributed by atoms with E-state index in [1.807, 2.05) is 18.2 Å². The predicted octanol–water partition coefficient (Wildman–Crippen LogP) is 4.34. The van der Waals surface area contributed by atoms with E-state index in [0.717, 1.165) is 12.1 Å². The average molecular weight is 283 g/mol. The number of aryl methyl sites for hydroxylation is 1. The van der Waals surface area contributed by atoms with E-state index in [1.165, 1.54) is 18.2 Å². The number of rotatable bonds is 5. The summed E-state index contributed by atoms with van der Waals surface area (Å²) >= 11 is 0. The summed E-state index contributed by atoms with van der Waals surface area (Å²) in [5, 5.41) is 3.48. The van der Waals surface area contributed by atoms with Crippen LogP contribution in [0.1, 0.15) is 40.9 Å². The van der Waals surface area contributed by atoms with Crippen molar-refractivity contribution in [1.29, 1.82) is 0 Å². The summed E-state index contributed by atoms with van der Waals surface area (Å²) in [6.45, 7) is 4.22. The predicted molar refractivity (Wildman–Crippen MR) is 85.6 cm³/mol. The number of methoxy groups -OCH3 is 1. The number of carbonyl (C=O) groups is 1. The first-order chi connectivity index (χ1) is 10.1. The van der Waals surface area contributed by atoms with Crippen molar-refractivity contribution in [3.63, 3.8) is 0 Å². The Labute approximate surface area is 126 Å². The zero-order chi connectivity index (χ0) is 15.2. The van der Waals surface area contributed by atoms with Gasteiger partial charge >= 0.3 is 5.97 Å². The molecule has 0 saturated carbocycles. The van der Waals surface area contributed by atoms with Crippen molar-refractivity contribution >= 4 is 11.7 Å². The number of ether oxygens (including phenoxy) is 1. The van der Waals surface area contributed by atoms with Gasteiger partial charge in [0.25, 0.3) is 0 Å². The van der Waals surface area contributed by atoms with Crippen LogP contribution in [0.25, 0.3) is 0 Å². The largest absolute Gasteiger partial charge is 0.465 e. The molecule has 110 valence electrons. The molecule has 0 saturated heterocycles. The maximum atomic E-state index is 11.6. The molecule has 1 N–H and O–H groups in total. The third-order valence-electron chi connectivity index (χ3n) is 3.51.